The van der Waals surface area contributed by atoms with Crippen LogP contribution in [0, 0.1) is 0 Å². The number of carbonyl (C=O) groups excluding carboxylic acids is 2. The molecule has 4 aliphatic heterocycles. The van der Waals surface area contributed by atoms with Gasteiger partial charge in [0.05, 0.1) is 59.0 Å². The molecule has 2 amide bonds. The highest BCUT2D eigenvalue weighted by molar-refractivity contribution is 6.02. The number of fused-ring (bicyclic) bond motifs is 12. The summed E-state index contributed by atoms with van der Waals surface area (Å²) in [4.78, 5) is 47.4. The molecule has 0 bridgehead atoms. The number of benzene rings is 2. The first-order valence-electron chi connectivity index (χ1n) is 21.0. The van der Waals surface area contributed by atoms with Crippen LogP contribution in [0.3, 0.4) is 0 Å². The van der Waals surface area contributed by atoms with Crippen molar-refractivity contribution >= 4 is 11.8 Å². The SMILES string of the molecule is COc1ccc(-c2ncc3c(n2)-c2c(c4c(n2C)C2(CNC2)CNC4=O)CC3)cc1.COc1ccc(-c2ncc3c(n2)-c2c(c4c(n2C)C2(CNC4=O)CN(C)C2)CC3)cc1. The summed E-state index contributed by atoms with van der Waals surface area (Å²) in [5.41, 5.74) is 14.6. The number of rotatable bonds is 4. The Balaban J connectivity index is 0.000000138. The summed E-state index contributed by atoms with van der Waals surface area (Å²) in [6.07, 6.45) is 7.27. The second-order valence-corrected chi connectivity index (χ2v) is 17.5. The molecule has 0 radical (unpaired) electrons. The van der Waals surface area contributed by atoms with E-state index in [1.54, 1.807) is 14.2 Å². The number of likely N-dealkylation sites (N-methyl/N-ethyl adjacent to an activating group) is 1. The van der Waals surface area contributed by atoms with Crippen molar-refractivity contribution in [2.24, 2.45) is 14.1 Å². The summed E-state index contributed by atoms with van der Waals surface area (Å²) in [6, 6.07) is 15.6. The smallest absolute Gasteiger partial charge is 0.253 e. The molecular weight excluding hydrogens is 769 g/mol. The standard InChI is InChI=1S/C24H25N5O2.C23H23N5O2/c1-28-12-24(13-28)11-26-23(30)18-17-9-6-15-10-25-22(14-4-7-16(31-3)8-5-14)27-19(15)20(17)29(2)21(18)24;1-28-19-16(17-20(28)23(10-24-11-23)12-26-22(17)29)8-5-14-9-25-21(27-18(14)19)13-3-6-15(30-2)7-4-13/h4-5,7-8,10H,6,9,11-13H2,1-3H3,(H,26,30);3-4,6-7,9,24H,5,8,10-12H2,1-2H3,(H,26,29). The van der Waals surface area contributed by atoms with Crippen LogP contribution in [-0.4, -0.2) is 106 Å². The van der Waals surface area contributed by atoms with E-state index in [-0.39, 0.29) is 22.6 Å². The largest absolute Gasteiger partial charge is 0.497 e. The predicted octanol–water partition coefficient (Wildman–Crippen LogP) is 4.02. The molecule has 3 N–H and O–H groups in total. The lowest BCUT2D eigenvalue weighted by Crippen LogP contribution is -2.65. The average molecular weight is 817 g/mol. The first-order chi connectivity index (χ1) is 29.6. The van der Waals surface area contributed by atoms with Crippen LogP contribution in [0.1, 0.15) is 54.4 Å². The number of aromatic nitrogens is 6. The minimum atomic E-state index is -0.0126. The summed E-state index contributed by atoms with van der Waals surface area (Å²) in [6.45, 7) is 5.11. The molecular formula is C47H48N10O4. The lowest BCUT2D eigenvalue weighted by molar-refractivity contribution is 0.0670. The Kier molecular flexibility index (Phi) is 8.52. The van der Waals surface area contributed by atoms with E-state index in [1.807, 2.05) is 60.9 Å². The van der Waals surface area contributed by atoms with Crippen LogP contribution in [0.5, 0.6) is 11.5 Å². The van der Waals surface area contributed by atoms with Crippen molar-refractivity contribution in [2.75, 3.05) is 60.5 Å². The van der Waals surface area contributed by atoms with Gasteiger partial charge in [-0.3, -0.25) is 9.59 Å². The van der Waals surface area contributed by atoms with Crippen molar-refractivity contribution in [1.29, 1.82) is 0 Å². The van der Waals surface area contributed by atoms with Gasteiger partial charge in [-0.05, 0) is 104 Å². The van der Waals surface area contributed by atoms with Crippen molar-refractivity contribution in [1.82, 2.24) is 49.9 Å². The number of nitrogens with one attached hydrogen (secondary N) is 3. The molecule has 0 saturated carbocycles. The van der Waals surface area contributed by atoms with E-state index in [9.17, 15) is 9.59 Å². The van der Waals surface area contributed by atoms with Gasteiger partial charge < -0.3 is 39.5 Å². The molecule has 12 rings (SSSR count). The van der Waals surface area contributed by atoms with Gasteiger partial charge in [0.15, 0.2) is 11.6 Å². The lowest BCUT2D eigenvalue weighted by Gasteiger charge is -2.51. The van der Waals surface area contributed by atoms with Crippen molar-refractivity contribution < 1.29 is 19.1 Å². The van der Waals surface area contributed by atoms with E-state index >= 15 is 0 Å². The van der Waals surface area contributed by atoms with E-state index in [0.29, 0.717) is 24.7 Å². The van der Waals surface area contributed by atoms with Gasteiger partial charge in [-0.25, -0.2) is 19.9 Å². The van der Waals surface area contributed by atoms with E-state index in [0.717, 1.165) is 136 Å². The third-order valence-corrected chi connectivity index (χ3v) is 13.9. The van der Waals surface area contributed by atoms with Crippen molar-refractivity contribution in [3.05, 3.63) is 106 Å². The van der Waals surface area contributed by atoms with Gasteiger partial charge >= 0.3 is 0 Å². The molecule has 8 heterocycles. The Morgan fingerprint density at radius 3 is 1.44 bits per heavy atom. The Bertz CT molecular complexity index is 2800. The number of carbonyl (C=O) groups is 2. The minimum Gasteiger partial charge on any atom is -0.497 e. The van der Waals surface area contributed by atoms with Crippen LogP contribution in [-0.2, 0) is 50.6 Å². The minimum absolute atomic E-state index is 0.00388. The maximum absolute atomic E-state index is 13.0. The summed E-state index contributed by atoms with van der Waals surface area (Å²) < 4.78 is 15.0. The molecule has 2 fully saturated rings. The van der Waals surface area contributed by atoms with Crippen LogP contribution in [0.2, 0.25) is 0 Å². The van der Waals surface area contributed by atoms with Gasteiger partial charge in [0.25, 0.3) is 11.8 Å². The predicted molar refractivity (Wildman–Crippen MR) is 230 cm³/mol. The molecule has 0 unspecified atom stereocenters. The first-order valence-corrected chi connectivity index (χ1v) is 21.0. The van der Waals surface area contributed by atoms with Crippen molar-refractivity contribution in [3.63, 3.8) is 0 Å². The zero-order valence-corrected chi connectivity index (χ0v) is 35.1. The molecule has 4 aromatic heterocycles. The summed E-state index contributed by atoms with van der Waals surface area (Å²) >= 11 is 0. The van der Waals surface area contributed by atoms with Gasteiger partial charge in [0.2, 0.25) is 0 Å². The molecule has 2 aromatic carbocycles. The number of ether oxygens (including phenoxy) is 2. The molecule has 61 heavy (non-hydrogen) atoms. The fourth-order valence-corrected chi connectivity index (χ4v) is 11.0. The number of nitrogens with zero attached hydrogens (tertiary/aromatic N) is 7. The number of methoxy groups -OCH3 is 2. The third kappa shape index (κ3) is 5.61. The third-order valence-electron chi connectivity index (χ3n) is 13.9. The van der Waals surface area contributed by atoms with Crippen molar-refractivity contribution in [3.8, 4) is 57.1 Å². The van der Waals surface area contributed by atoms with E-state index in [1.165, 1.54) is 5.69 Å². The molecule has 6 aromatic rings. The Labute approximate surface area is 353 Å². The molecule has 14 heteroatoms. The fourth-order valence-electron chi connectivity index (χ4n) is 11.0. The Morgan fingerprint density at radius 2 is 1.03 bits per heavy atom. The van der Waals surface area contributed by atoms with Gasteiger partial charge in [-0.2, -0.15) is 0 Å². The summed E-state index contributed by atoms with van der Waals surface area (Å²) in [5.74, 6) is 3.09. The zero-order valence-electron chi connectivity index (χ0n) is 35.1. The second kappa shape index (κ2) is 13.8. The summed E-state index contributed by atoms with van der Waals surface area (Å²) in [5, 5.41) is 9.69. The monoisotopic (exact) mass is 816 g/mol. The Morgan fingerprint density at radius 1 is 0.590 bits per heavy atom. The highest BCUT2D eigenvalue weighted by Crippen LogP contribution is 2.47. The number of amides is 2. The number of hydrogen-bond acceptors (Lipinski definition) is 10. The molecule has 6 aliphatic rings. The van der Waals surface area contributed by atoms with E-state index in [2.05, 4.69) is 61.1 Å². The number of likely N-dealkylation sites (tertiary alicyclic amines) is 1. The lowest BCUT2D eigenvalue weighted by atomic mass is 9.72. The zero-order chi connectivity index (χ0) is 41.8. The number of hydrogen-bond donors (Lipinski definition) is 3. The maximum Gasteiger partial charge on any atom is 0.253 e. The fraction of sp³-hybridized carbons (Fsp3) is 0.362. The average Bonchev–Trinajstić information content (AvgIpc) is 3.76. The van der Waals surface area contributed by atoms with Gasteiger partial charge in [0.1, 0.15) is 11.5 Å². The number of aryl methyl sites for hydroxylation is 2. The van der Waals surface area contributed by atoms with E-state index < -0.39 is 0 Å². The summed E-state index contributed by atoms with van der Waals surface area (Å²) in [7, 11) is 9.63. The van der Waals surface area contributed by atoms with Crippen LogP contribution in [0.25, 0.3) is 45.6 Å². The van der Waals surface area contributed by atoms with Crippen LogP contribution >= 0.6 is 0 Å². The topological polar surface area (TPSA) is 153 Å². The van der Waals surface area contributed by atoms with Crippen LogP contribution in [0.4, 0.5) is 0 Å². The maximum atomic E-state index is 13.0. The molecule has 2 saturated heterocycles. The van der Waals surface area contributed by atoms with Crippen LogP contribution < -0.4 is 25.4 Å². The Hall–Kier alpha value is -6.38. The van der Waals surface area contributed by atoms with Gasteiger partial charge in [-0.1, -0.05) is 0 Å². The molecule has 2 spiro atoms. The highest BCUT2D eigenvalue weighted by atomic mass is 16.5. The van der Waals surface area contributed by atoms with Crippen LogP contribution in [0.15, 0.2) is 60.9 Å². The van der Waals surface area contributed by atoms with Gasteiger partial charge in [0, 0.05) is 88.3 Å². The first kappa shape index (κ1) is 37.6. The molecule has 310 valence electrons. The molecule has 0 atom stereocenters. The quantitative estimate of drug-likeness (QED) is 0.238. The molecule has 2 aliphatic carbocycles. The van der Waals surface area contributed by atoms with E-state index in [4.69, 9.17) is 19.4 Å². The normalized spacial score (nSPS) is 18.4. The highest BCUT2D eigenvalue weighted by Gasteiger charge is 2.52. The van der Waals surface area contributed by atoms with Crippen molar-refractivity contribution in [2.45, 2.75) is 36.5 Å². The second-order valence-electron chi connectivity index (χ2n) is 17.5. The molecule has 14 nitrogen and oxygen atoms in total. The van der Waals surface area contributed by atoms with Gasteiger partial charge in [-0.15, -0.1) is 0 Å².